The highest BCUT2D eigenvalue weighted by molar-refractivity contribution is 5.91. The Labute approximate surface area is 138 Å². The maximum atomic E-state index is 12.1. The number of anilines is 1. The van der Waals surface area contributed by atoms with Crippen LogP contribution >= 0.6 is 0 Å². The first-order valence-electron chi connectivity index (χ1n) is 7.92. The SMILES string of the molecule is COc1cccc(NC(=O)CCc2ccc(C(C)(C)C)cc2)c1. The first-order valence-corrected chi connectivity index (χ1v) is 7.92. The Kier molecular flexibility index (Phi) is 5.43. The molecule has 0 fully saturated rings. The molecule has 0 aliphatic rings. The number of ether oxygens (including phenoxy) is 1. The zero-order valence-corrected chi connectivity index (χ0v) is 14.3. The van der Waals surface area contributed by atoms with Gasteiger partial charge in [-0.2, -0.15) is 0 Å². The molecule has 2 aromatic carbocycles. The third-order valence-electron chi connectivity index (χ3n) is 3.81. The predicted octanol–water partition coefficient (Wildman–Crippen LogP) is 4.56. The number of amides is 1. The highest BCUT2D eigenvalue weighted by Crippen LogP contribution is 2.22. The van der Waals surface area contributed by atoms with Crippen LogP contribution in [0.3, 0.4) is 0 Å². The van der Waals surface area contributed by atoms with Crippen molar-refractivity contribution in [1.29, 1.82) is 0 Å². The second-order valence-corrected chi connectivity index (χ2v) is 6.73. The zero-order valence-electron chi connectivity index (χ0n) is 14.3. The molecule has 0 heterocycles. The second kappa shape index (κ2) is 7.32. The van der Waals surface area contributed by atoms with Crippen LogP contribution in [0.1, 0.15) is 38.3 Å². The normalized spacial score (nSPS) is 11.1. The lowest BCUT2D eigenvalue weighted by atomic mass is 9.86. The van der Waals surface area contributed by atoms with Gasteiger partial charge < -0.3 is 10.1 Å². The van der Waals surface area contributed by atoms with E-state index in [1.54, 1.807) is 7.11 Å². The highest BCUT2D eigenvalue weighted by atomic mass is 16.5. The van der Waals surface area contributed by atoms with Crippen molar-refractivity contribution in [3.05, 3.63) is 59.7 Å². The standard InChI is InChI=1S/C20H25NO2/c1-20(2,3)16-11-8-15(9-12-16)10-13-19(22)21-17-6-5-7-18(14-17)23-4/h5-9,11-12,14H,10,13H2,1-4H3,(H,21,22). The van der Waals surface area contributed by atoms with E-state index in [-0.39, 0.29) is 11.3 Å². The molecule has 122 valence electrons. The predicted molar refractivity (Wildman–Crippen MR) is 95.1 cm³/mol. The average Bonchev–Trinajstić information content (AvgIpc) is 2.52. The third-order valence-corrected chi connectivity index (χ3v) is 3.81. The van der Waals surface area contributed by atoms with Gasteiger partial charge in [0.1, 0.15) is 5.75 Å². The summed E-state index contributed by atoms with van der Waals surface area (Å²) in [4.78, 5) is 12.1. The molecule has 0 aliphatic heterocycles. The van der Waals surface area contributed by atoms with Gasteiger partial charge in [0.25, 0.3) is 0 Å². The Morgan fingerprint density at radius 3 is 2.39 bits per heavy atom. The van der Waals surface area contributed by atoms with Crippen molar-refractivity contribution >= 4 is 11.6 Å². The van der Waals surface area contributed by atoms with Crippen LogP contribution in [0.4, 0.5) is 5.69 Å². The molecule has 2 rings (SSSR count). The number of nitrogens with one attached hydrogen (secondary N) is 1. The fourth-order valence-corrected chi connectivity index (χ4v) is 2.35. The van der Waals surface area contributed by atoms with E-state index in [2.05, 4.69) is 50.4 Å². The molecule has 2 aromatic rings. The quantitative estimate of drug-likeness (QED) is 0.879. The fraction of sp³-hybridized carbons (Fsp3) is 0.350. The first-order chi connectivity index (χ1) is 10.9. The summed E-state index contributed by atoms with van der Waals surface area (Å²) in [6, 6.07) is 15.9. The van der Waals surface area contributed by atoms with Crippen LogP contribution in [0.25, 0.3) is 0 Å². The molecule has 23 heavy (non-hydrogen) atoms. The Morgan fingerprint density at radius 1 is 1.09 bits per heavy atom. The minimum absolute atomic E-state index is 0.0122. The number of carbonyl (C=O) groups excluding carboxylic acids is 1. The van der Waals surface area contributed by atoms with Crippen LogP contribution in [0.5, 0.6) is 5.75 Å². The van der Waals surface area contributed by atoms with Crippen LogP contribution in [0.2, 0.25) is 0 Å². The van der Waals surface area contributed by atoms with Crippen LogP contribution in [-0.4, -0.2) is 13.0 Å². The maximum Gasteiger partial charge on any atom is 0.224 e. The van der Waals surface area contributed by atoms with Gasteiger partial charge in [0, 0.05) is 18.2 Å². The van der Waals surface area contributed by atoms with Crippen LogP contribution in [0, 0.1) is 0 Å². The number of benzene rings is 2. The summed E-state index contributed by atoms with van der Waals surface area (Å²) < 4.78 is 5.15. The Morgan fingerprint density at radius 2 is 1.78 bits per heavy atom. The van der Waals surface area contributed by atoms with E-state index < -0.39 is 0 Å². The summed E-state index contributed by atoms with van der Waals surface area (Å²) in [5, 5.41) is 2.90. The van der Waals surface area contributed by atoms with Crippen molar-refractivity contribution in [3.63, 3.8) is 0 Å². The van der Waals surface area contributed by atoms with Crippen molar-refractivity contribution in [2.45, 2.75) is 39.0 Å². The lowest BCUT2D eigenvalue weighted by molar-refractivity contribution is -0.116. The summed E-state index contributed by atoms with van der Waals surface area (Å²) >= 11 is 0. The molecule has 0 aromatic heterocycles. The Hall–Kier alpha value is -2.29. The van der Waals surface area contributed by atoms with Crippen molar-refractivity contribution in [3.8, 4) is 5.75 Å². The summed E-state index contributed by atoms with van der Waals surface area (Å²) in [5.41, 5.74) is 3.40. The van der Waals surface area contributed by atoms with Gasteiger partial charge in [-0.15, -0.1) is 0 Å². The van der Waals surface area contributed by atoms with E-state index in [1.165, 1.54) is 11.1 Å². The average molecular weight is 311 g/mol. The smallest absolute Gasteiger partial charge is 0.224 e. The van der Waals surface area contributed by atoms with E-state index in [9.17, 15) is 4.79 Å². The van der Waals surface area contributed by atoms with Crippen molar-refractivity contribution < 1.29 is 9.53 Å². The Bertz CT molecular complexity index is 654. The number of hydrogen-bond donors (Lipinski definition) is 1. The Balaban J connectivity index is 1.89. The van der Waals surface area contributed by atoms with E-state index in [0.717, 1.165) is 17.9 Å². The van der Waals surface area contributed by atoms with E-state index >= 15 is 0 Å². The zero-order chi connectivity index (χ0) is 16.9. The second-order valence-electron chi connectivity index (χ2n) is 6.73. The number of aryl methyl sites for hydroxylation is 1. The molecule has 0 aliphatic carbocycles. The van der Waals surface area contributed by atoms with Crippen molar-refractivity contribution in [2.75, 3.05) is 12.4 Å². The molecule has 0 bridgehead atoms. The van der Waals surface area contributed by atoms with Crippen LogP contribution in [0.15, 0.2) is 48.5 Å². The van der Waals surface area contributed by atoms with Gasteiger partial charge in [0.05, 0.1) is 7.11 Å². The topological polar surface area (TPSA) is 38.3 Å². The molecule has 0 spiro atoms. The van der Waals surface area contributed by atoms with E-state index in [1.807, 2.05) is 24.3 Å². The molecule has 1 amide bonds. The molecular formula is C20H25NO2. The first kappa shape index (κ1) is 17.1. The third kappa shape index (κ3) is 5.13. The highest BCUT2D eigenvalue weighted by Gasteiger charge is 2.13. The molecule has 3 heteroatoms. The molecule has 0 atom stereocenters. The summed E-state index contributed by atoms with van der Waals surface area (Å²) in [6.45, 7) is 6.59. The minimum Gasteiger partial charge on any atom is -0.497 e. The number of methoxy groups -OCH3 is 1. The van der Waals surface area contributed by atoms with Gasteiger partial charge in [-0.3, -0.25) is 4.79 Å². The van der Waals surface area contributed by atoms with Gasteiger partial charge in [-0.1, -0.05) is 51.1 Å². The molecule has 0 saturated carbocycles. The molecule has 0 saturated heterocycles. The van der Waals surface area contributed by atoms with E-state index in [4.69, 9.17) is 4.74 Å². The fourth-order valence-electron chi connectivity index (χ4n) is 2.35. The molecular weight excluding hydrogens is 286 g/mol. The van der Waals surface area contributed by atoms with Crippen molar-refractivity contribution in [1.82, 2.24) is 0 Å². The van der Waals surface area contributed by atoms with Gasteiger partial charge >= 0.3 is 0 Å². The summed E-state index contributed by atoms with van der Waals surface area (Å²) in [5.74, 6) is 0.749. The van der Waals surface area contributed by atoms with Crippen LogP contribution < -0.4 is 10.1 Å². The van der Waals surface area contributed by atoms with Gasteiger partial charge in [-0.05, 0) is 35.1 Å². The summed E-state index contributed by atoms with van der Waals surface area (Å²) in [7, 11) is 1.61. The monoisotopic (exact) mass is 311 g/mol. The van der Waals surface area contributed by atoms with Crippen molar-refractivity contribution in [2.24, 2.45) is 0 Å². The number of rotatable bonds is 5. The molecule has 0 radical (unpaired) electrons. The minimum atomic E-state index is 0.0122. The van der Waals surface area contributed by atoms with Gasteiger partial charge in [0.15, 0.2) is 0 Å². The molecule has 3 nitrogen and oxygen atoms in total. The lowest BCUT2D eigenvalue weighted by Gasteiger charge is -2.19. The van der Waals surface area contributed by atoms with Crippen LogP contribution in [-0.2, 0) is 16.6 Å². The van der Waals surface area contributed by atoms with E-state index in [0.29, 0.717) is 6.42 Å². The van der Waals surface area contributed by atoms with Gasteiger partial charge in [-0.25, -0.2) is 0 Å². The maximum absolute atomic E-state index is 12.1. The largest absolute Gasteiger partial charge is 0.497 e. The number of carbonyl (C=O) groups is 1. The molecule has 0 unspecified atom stereocenters. The van der Waals surface area contributed by atoms with Gasteiger partial charge in [0.2, 0.25) is 5.91 Å². The summed E-state index contributed by atoms with van der Waals surface area (Å²) in [6.07, 6.45) is 1.20. The lowest BCUT2D eigenvalue weighted by Crippen LogP contribution is -2.13. The molecule has 1 N–H and O–H groups in total. The number of hydrogen-bond acceptors (Lipinski definition) is 2.